The van der Waals surface area contributed by atoms with E-state index in [-0.39, 0.29) is 5.91 Å². The Morgan fingerprint density at radius 2 is 1.93 bits per heavy atom. The van der Waals surface area contributed by atoms with Gasteiger partial charge in [-0.05, 0) is 39.5 Å². The molecule has 0 heterocycles. The quantitative estimate of drug-likeness (QED) is 0.655. The van der Waals surface area contributed by atoms with E-state index in [9.17, 15) is 4.79 Å². The van der Waals surface area contributed by atoms with Crippen molar-refractivity contribution in [3.63, 3.8) is 0 Å². The van der Waals surface area contributed by atoms with Crippen molar-refractivity contribution in [1.82, 2.24) is 5.32 Å². The highest BCUT2D eigenvalue weighted by Gasteiger charge is 2.19. The first-order valence-electron chi connectivity index (χ1n) is 5.33. The first-order chi connectivity index (χ1) is 6.63. The van der Waals surface area contributed by atoms with E-state index in [1.165, 1.54) is 0 Å². The average molecular weight is 196 g/mol. The van der Waals surface area contributed by atoms with Gasteiger partial charge in [-0.15, -0.1) is 0 Å². The van der Waals surface area contributed by atoms with Crippen LogP contribution in [0.2, 0.25) is 0 Å². The molecule has 1 fully saturated rings. The van der Waals surface area contributed by atoms with Crippen LogP contribution < -0.4 is 11.1 Å². The van der Waals surface area contributed by atoms with Crippen molar-refractivity contribution in [2.24, 2.45) is 5.73 Å². The van der Waals surface area contributed by atoms with Crippen LogP contribution in [0, 0.1) is 0 Å². The fourth-order valence-corrected chi connectivity index (χ4v) is 1.69. The minimum absolute atomic E-state index is 0.0629. The van der Waals surface area contributed by atoms with E-state index in [2.05, 4.69) is 5.32 Å². The molecule has 3 heteroatoms. The predicted molar refractivity (Wildman–Crippen MR) is 57.8 cm³/mol. The number of nitrogens with one attached hydrogen (secondary N) is 1. The van der Waals surface area contributed by atoms with Gasteiger partial charge in [-0.2, -0.15) is 0 Å². The summed E-state index contributed by atoms with van der Waals surface area (Å²) in [5.74, 6) is 0.0629. The van der Waals surface area contributed by atoms with Gasteiger partial charge >= 0.3 is 0 Å². The van der Waals surface area contributed by atoms with Gasteiger partial charge in [0.05, 0.1) is 0 Å². The van der Waals surface area contributed by atoms with Crippen molar-refractivity contribution in [3.05, 3.63) is 11.6 Å². The first kappa shape index (κ1) is 11.2. The Kier molecular flexibility index (Phi) is 4.14. The highest BCUT2D eigenvalue weighted by atomic mass is 16.1. The zero-order valence-electron chi connectivity index (χ0n) is 9.05. The summed E-state index contributed by atoms with van der Waals surface area (Å²) in [6.45, 7) is 3.72. The van der Waals surface area contributed by atoms with Crippen LogP contribution in [0.1, 0.15) is 39.5 Å². The lowest BCUT2D eigenvalue weighted by Gasteiger charge is -2.26. The predicted octanol–water partition coefficient (Wildman–Crippen LogP) is 1.34. The van der Waals surface area contributed by atoms with Gasteiger partial charge in [-0.25, -0.2) is 0 Å². The lowest BCUT2D eigenvalue weighted by Crippen LogP contribution is -2.40. The minimum atomic E-state index is 0.0629. The van der Waals surface area contributed by atoms with Crippen LogP contribution in [0.4, 0.5) is 0 Å². The summed E-state index contributed by atoms with van der Waals surface area (Å²) in [6.07, 6.45) is 5.93. The zero-order chi connectivity index (χ0) is 10.6. The van der Waals surface area contributed by atoms with E-state index in [1.54, 1.807) is 0 Å². The molecule has 0 radical (unpaired) electrons. The lowest BCUT2D eigenvalue weighted by molar-refractivity contribution is -0.118. The maximum atomic E-state index is 11.5. The Labute approximate surface area is 85.7 Å². The number of allylic oxidation sites excluding steroid dienone is 1. The van der Waals surface area contributed by atoms with Gasteiger partial charge in [0.25, 0.3) is 0 Å². The summed E-state index contributed by atoms with van der Waals surface area (Å²) in [7, 11) is 0. The summed E-state index contributed by atoms with van der Waals surface area (Å²) in [4.78, 5) is 11.5. The summed E-state index contributed by atoms with van der Waals surface area (Å²) in [6, 6.07) is 0.670. The second kappa shape index (κ2) is 5.15. The van der Waals surface area contributed by atoms with Crippen LogP contribution in [0.5, 0.6) is 0 Å². The largest absolute Gasteiger partial charge is 0.350 e. The van der Waals surface area contributed by atoms with Crippen molar-refractivity contribution in [1.29, 1.82) is 0 Å². The molecule has 3 N–H and O–H groups in total. The molecule has 0 saturated heterocycles. The Morgan fingerprint density at radius 1 is 1.36 bits per heavy atom. The Bertz CT molecular complexity index is 227. The maximum Gasteiger partial charge on any atom is 0.246 e. The first-order valence-corrected chi connectivity index (χ1v) is 5.33. The molecular formula is C11H20N2O. The number of carbonyl (C=O) groups is 1. The molecule has 1 rings (SSSR count). The zero-order valence-corrected chi connectivity index (χ0v) is 9.05. The molecular weight excluding hydrogens is 176 g/mol. The smallest absolute Gasteiger partial charge is 0.246 e. The highest BCUT2D eigenvalue weighted by molar-refractivity contribution is 5.92. The Balaban J connectivity index is 2.35. The van der Waals surface area contributed by atoms with Gasteiger partial charge in [-0.1, -0.05) is 6.08 Å². The molecule has 0 aromatic heterocycles. The number of carbonyl (C=O) groups excluding carboxylic acids is 1. The number of hydrogen-bond acceptors (Lipinski definition) is 2. The lowest BCUT2D eigenvalue weighted by atomic mass is 9.91. The van der Waals surface area contributed by atoms with Crippen LogP contribution >= 0.6 is 0 Å². The molecule has 80 valence electrons. The minimum Gasteiger partial charge on any atom is -0.350 e. The topological polar surface area (TPSA) is 55.1 Å². The second-order valence-corrected chi connectivity index (χ2v) is 4.06. The van der Waals surface area contributed by atoms with Gasteiger partial charge < -0.3 is 11.1 Å². The van der Waals surface area contributed by atoms with Gasteiger partial charge in [0.15, 0.2) is 0 Å². The highest BCUT2D eigenvalue weighted by Crippen LogP contribution is 2.17. The van der Waals surface area contributed by atoms with Crippen LogP contribution in [-0.4, -0.2) is 18.0 Å². The summed E-state index contributed by atoms with van der Waals surface area (Å²) in [5.41, 5.74) is 6.58. The van der Waals surface area contributed by atoms with E-state index in [1.807, 2.05) is 19.9 Å². The summed E-state index contributed by atoms with van der Waals surface area (Å²) in [5, 5.41) is 3.03. The van der Waals surface area contributed by atoms with Crippen molar-refractivity contribution in [2.75, 3.05) is 0 Å². The maximum absolute atomic E-state index is 11.5. The molecule has 0 spiro atoms. The van der Waals surface area contributed by atoms with E-state index in [0.717, 1.165) is 31.3 Å². The Hall–Kier alpha value is -0.830. The van der Waals surface area contributed by atoms with Crippen molar-refractivity contribution in [3.8, 4) is 0 Å². The van der Waals surface area contributed by atoms with Gasteiger partial charge in [0.2, 0.25) is 5.91 Å². The third kappa shape index (κ3) is 3.14. The van der Waals surface area contributed by atoms with Gasteiger partial charge in [0, 0.05) is 17.7 Å². The standard InChI is InChI=1S/C11H20N2O/c1-3-8(2)11(14)13-10-6-4-9(12)5-7-10/h3,9-10H,4-7,12H2,1-2H3,(H,13,14)/b8-3+. The molecule has 0 aliphatic heterocycles. The van der Waals surface area contributed by atoms with E-state index < -0.39 is 0 Å². The molecule has 1 aliphatic carbocycles. The monoisotopic (exact) mass is 196 g/mol. The second-order valence-electron chi connectivity index (χ2n) is 4.06. The molecule has 1 saturated carbocycles. The molecule has 1 aliphatic rings. The molecule has 0 aromatic rings. The fraction of sp³-hybridized carbons (Fsp3) is 0.727. The molecule has 0 atom stereocenters. The third-order valence-corrected chi connectivity index (χ3v) is 2.90. The molecule has 14 heavy (non-hydrogen) atoms. The van der Waals surface area contributed by atoms with Gasteiger partial charge in [0.1, 0.15) is 0 Å². The number of amides is 1. The van der Waals surface area contributed by atoms with Crippen molar-refractivity contribution in [2.45, 2.75) is 51.6 Å². The molecule has 1 amide bonds. The molecule has 0 bridgehead atoms. The van der Waals surface area contributed by atoms with Gasteiger partial charge in [-0.3, -0.25) is 4.79 Å². The fourth-order valence-electron chi connectivity index (χ4n) is 1.69. The summed E-state index contributed by atoms with van der Waals surface area (Å²) < 4.78 is 0. The molecule has 3 nitrogen and oxygen atoms in total. The van der Waals surface area contributed by atoms with E-state index in [0.29, 0.717) is 12.1 Å². The van der Waals surface area contributed by atoms with Crippen LogP contribution in [0.3, 0.4) is 0 Å². The van der Waals surface area contributed by atoms with Crippen LogP contribution in [0.15, 0.2) is 11.6 Å². The molecule has 0 unspecified atom stereocenters. The normalized spacial score (nSPS) is 28.6. The van der Waals surface area contributed by atoms with E-state index in [4.69, 9.17) is 5.73 Å². The Morgan fingerprint density at radius 3 is 2.43 bits per heavy atom. The van der Waals surface area contributed by atoms with Crippen molar-refractivity contribution >= 4 is 5.91 Å². The summed E-state index contributed by atoms with van der Waals surface area (Å²) >= 11 is 0. The average Bonchev–Trinajstić information content (AvgIpc) is 2.20. The van der Waals surface area contributed by atoms with Crippen LogP contribution in [-0.2, 0) is 4.79 Å². The van der Waals surface area contributed by atoms with E-state index >= 15 is 0 Å². The van der Waals surface area contributed by atoms with Crippen LogP contribution in [0.25, 0.3) is 0 Å². The number of nitrogens with two attached hydrogens (primary N) is 1. The molecule has 0 aromatic carbocycles. The SMILES string of the molecule is C/C=C(\C)C(=O)NC1CCC(N)CC1. The number of rotatable bonds is 2. The van der Waals surface area contributed by atoms with Crippen molar-refractivity contribution < 1.29 is 4.79 Å². The third-order valence-electron chi connectivity index (χ3n) is 2.90. The number of hydrogen-bond donors (Lipinski definition) is 2.